The normalized spacial score (nSPS) is 11.3. The van der Waals surface area contributed by atoms with E-state index in [0.29, 0.717) is 6.04 Å². The highest BCUT2D eigenvalue weighted by Gasteiger charge is 2.12. The van der Waals surface area contributed by atoms with E-state index in [4.69, 9.17) is 0 Å². The molecule has 1 aromatic heterocycles. The van der Waals surface area contributed by atoms with E-state index in [1.54, 1.807) is 0 Å². The molecule has 0 saturated carbocycles. The summed E-state index contributed by atoms with van der Waals surface area (Å²) >= 11 is 0. The molecule has 0 unspecified atom stereocenters. The lowest BCUT2D eigenvalue weighted by atomic mass is 10.1. The Hall–Kier alpha value is -0.890. The van der Waals surface area contributed by atoms with E-state index in [0.717, 1.165) is 13.1 Å². The van der Waals surface area contributed by atoms with Gasteiger partial charge in [0.2, 0.25) is 0 Å². The van der Waals surface area contributed by atoms with Crippen molar-refractivity contribution < 1.29 is 0 Å². The fourth-order valence-electron chi connectivity index (χ4n) is 2.03. The zero-order valence-electron chi connectivity index (χ0n) is 10.1. The molecule has 1 heterocycles. The second-order valence-corrected chi connectivity index (χ2v) is 3.89. The highest BCUT2D eigenvalue weighted by Crippen LogP contribution is 2.12. The Balaban J connectivity index is 2.61. The molecule has 0 spiro atoms. The molecule has 0 aliphatic heterocycles. The molecule has 0 bridgehead atoms. The van der Waals surface area contributed by atoms with Crippen LogP contribution in [0.15, 0.2) is 24.5 Å². The lowest BCUT2D eigenvalue weighted by molar-refractivity contribution is 0.187. The van der Waals surface area contributed by atoms with Crippen molar-refractivity contribution in [3.8, 4) is 0 Å². The third kappa shape index (κ3) is 3.63. The molecule has 2 heteroatoms. The Morgan fingerprint density at radius 2 is 1.73 bits per heavy atom. The van der Waals surface area contributed by atoms with Crippen molar-refractivity contribution in [1.82, 2.24) is 9.88 Å². The van der Waals surface area contributed by atoms with E-state index in [2.05, 4.69) is 42.8 Å². The molecular formula is C13H22N2. The minimum Gasteiger partial charge on any atom is -0.296 e. The van der Waals surface area contributed by atoms with Crippen LogP contribution in [0.3, 0.4) is 0 Å². The van der Waals surface area contributed by atoms with E-state index < -0.39 is 0 Å². The Labute approximate surface area is 93.3 Å². The van der Waals surface area contributed by atoms with Crippen molar-refractivity contribution >= 4 is 0 Å². The van der Waals surface area contributed by atoms with Crippen LogP contribution in [-0.2, 0) is 6.54 Å². The molecule has 0 aromatic carbocycles. The SMILES string of the molecule is CCC(CC)N(CC)Cc1ccncc1. The van der Waals surface area contributed by atoms with Gasteiger partial charge in [0.05, 0.1) is 0 Å². The highest BCUT2D eigenvalue weighted by atomic mass is 15.1. The first-order chi connectivity index (χ1) is 7.31. The number of hydrogen-bond donors (Lipinski definition) is 0. The zero-order valence-corrected chi connectivity index (χ0v) is 10.1. The molecule has 0 amide bonds. The zero-order chi connectivity index (χ0) is 11.1. The molecule has 0 radical (unpaired) electrons. The highest BCUT2D eigenvalue weighted by molar-refractivity contribution is 5.09. The first kappa shape index (κ1) is 12.2. The molecule has 0 saturated heterocycles. The van der Waals surface area contributed by atoms with Gasteiger partial charge in [0.15, 0.2) is 0 Å². The summed E-state index contributed by atoms with van der Waals surface area (Å²) in [5, 5.41) is 0. The Morgan fingerprint density at radius 1 is 1.13 bits per heavy atom. The van der Waals surface area contributed by atoms with Gasteiger partial charge in [-0.05, 0) is 37.1 Å². The maximum Gasteiger partial charge on any atom is 0.0271 e. The van der Waals surface area contributed by atoms with Crippen molar-refractivity contribution in [1.29, 1.82) is 0 Å². The maximum atomic E-state index is 4.05. The van der Waals surface area contributed by atoms with Gasteiger partial charge in [0.25, 0.3) is 0 Å². The van der Waals surface area contributed by atoms with Crippen LogP contribution in [0.2, 0.25) is 0 Å². The molecule has 0 fully saturated rings. The number of nitrogens with zero attached hydrogens (tertiary/aromatic N) is 2. The van der Waals surface area contributed by atoms with E-state index in [1.165, 1.54) is 18.4 Å². The fraction of sp³-hybridized carbons (Fsp3) is 0.615. The summed E-state index contributed by atoms with van der Waals surface area (Å²) in [6.07, 6.45) is 6.21. The number of aromatic nitrogens is 1. The summed E-state index contributed by atoms with van der Waals surface area (Å²) in [6, 6.07) is 4.92. The summed E-state index contributed by atoms with van der Waals surface area (Å²) in [5.41, 5.74) is 1.36. The van der Waals surface area contributed by atoms with E-state index >= 15 is 0 Å². The molecule has 2 nitrogen and oxygen atoms in total. The summed E-state index contributed by atoms with van der Waals surface area (Å²) in [5.74, 6) is 0. The van der Waals surface area contributed by atoms with Gasteiger partial charge in [-0.15, -0.1) is 0 Å². The van der Waals surface area contributed by atoms with Crippen LogP contribution in [0.25, 0.3) is 0 Å². The second-order valence-electron chi connectivity index (χ2n) is 3.89. The average molecular weight is 206 g/mol. The summed E-state index contributed by atoms with van der Waals surface area (Å²) in [6.45, 7) is 8.94. The van der Waals surface area contributed by atoms with Crippen molar-refractivity contribution in [2.24, 2.45) is 0 Å². The summed E-state index contributed by atoms with van der Waals surface area (Å²) < 4.78 is 0. The molecule has 0 N–H and O–H groups in total. The smallest absolute Gasteiger partial charge is 0.0271 e. The summed E-state index contributed by atoms with van der Waals surface area (Å²) in [7, 11) is 0. The van der Waals surface area contributed by atoms with Crippen molar-refractivity contribution in [3.63, 3.8) is 0 Å². The summed E-state index contributed by atoms with van der Waals surface area (Å²) in [4.78, 5) is 6.58. The molecule has 1 aromatic rings. The number of pyridine rings is 1. The molecule has 0 aliphatic rings. The topological polar surface area (TPSA) is 16.1 Å². The third-order valence-corrected chi connectivity index (χ3v) is 3.00. The van der Waals surface area contributed by atoms with Crippen molar-refractivity contribution in [2.45, 2.75) is 46.2 Å². The van der Waals surface area contributed by atoms with E-state index in [1.807, 2.05) is 12.4 Å². The Kier molecular flexibility index (Phi) is 5.33. The number of hydrogen-bond acceptors (Lipinski definition) is 2. The lowest BCUT2D eigenvalue weighted by Gasteiger charge is -2.29. The van der Waals surface area contributed by atoms with E-state index in [9.17, 15) is 0 Å². The minimum absolute atomic E-state index is 0.711. The van der Waals surface area contributed by atoms with Crippen LogP contribution in [0.1, 0.15) is 39.2 Å². The molecule has 15 heavy (non-hydrogen) atoms. The minimum atomic E-state index is 0.711. The van der Waals surface area contributed by atoms with Gasteiger partial charge < -0.3 is 0 Å². The standard InChI is InChI=1S/C13H22N2/c1-4-13(5-2)15(6-3)11-12-7-9-14-10-8-12/h7-10,13H,4-6,11H2,1-3H3. The molecule has 0 atom stereocenters. The number of rotatable bonds is 6. The first-order valence-corrected chi connectivity index (χ1v) is 5.94. The predicted octanol–water partition coefficient (Wildman–Crippen LogP) is 3.09. The third-order valence-electron chi connectivity index (χ3n) is 3.00. The maximum absolute atomic E-state index is 4.05. The quantitative estimate of drug-likeness (QED) is 0.711. The van der Waals surface area contributed by atoms with Gasteiger partial charge in [0.1, 0.15) is 0 Å². The van der Waals surface area contributed by atoms with Gasteiger partial charge in [-0.25, -0.2) is 0 Å². The average Bonchev–Trinajstić information content (AvgIpc) is 2.30. The van der Waals surface area contributed by atoms with Gasteiger partial charge in [0, 0.05) is 25.0 Å². The van der Waals surface area contributed by atoms with Crippen molar-refractivity contribution in [3.05, 3.63) is 30.1 Å². The lowest BCUT2D eigenvalue weighted by Crippen LogP contribution is -2.33. The van der Waals surface area contributed by atoms with Gasteiger partial charge >= 0.3 is 0 Å². The van der Waals surface area contributed by atoms with Gasteiger partial charge in [-0.1, -0.05) is 20.8 Å². The molecule has 0 aliphatic carbocycles. The Morgan fingerprint density at radius 3 is 2.20 bits per heavy atom. The first-order valence-electron chi connectivity index (χ1n) is 5.94. The van der Waals surface area contributed by atoms with Crippen LogP contribution in [0, 0.1) is 0 Å². The van der Waals surface area contributed by atoms with Crippen LogP contribution >= 0.6 is 0 Å². The van der Waals surface area contributed by atoms with E-state index in [-0.39, 0.29) is 0 Å². The van der Waals surface area contributed by atoms with Crippen LogP contribution < -0.4 is 0 Å². The van der Waals surface area contributed by atoms with Gasteiger partial charge in [-0.3, -0.25) is 9.88 Å². The monoisotopic (exact) mass is 206 g/mol. The Bertz CT molecular complexity index is 254. The molecule has 1 rings (SSSR count). The van der Waals surface area contributed by atoms with Crippen LogP contribution in [0.4, 0.5) is 0 Å². The predicted molar refractivity (Wildman–Crippen MR) is 64.7 cm³/mol. The fourth-order valence-corrected chi connectivity index (χ4v) is 2.03. The van der Waals surface area contributed by atoms with Crippen LogP contribution in [0.5, 0.6) is 0 Å². The molecular weight excluding hydrogens is 184 g/mol. The molecule has 84 valence electrons. The largest absolute Gasteiger partial charge is 0.296 e. The second kappa shape index (κ2) is 6.57. The van der Waals surface area contributed by atoms with Gasteiger partial charge in [-0.2, -0.15) is 0 Å². The van der Waals surface area contributed by atoms with Crippen LogP contribution in [-0.4, -0.2) is 22.5 Å². The van der Waals surface area contributed by atoms with Crippen molar-refractivity contribution in [2.75, 3.05) is 6.54 Å².